The molecule has 0 bridgehead atoms. The summed E-state index contributed by atoms with van der Waals surface area (Å²) in [7, 11) is -3.81. The number of nitrogens with one attached hydrogen (secondary N) is 1. The average Bonchev–Trinajstić information content (AvgIpc) is 2.11. The molecule has 0 rings (SSSR count). The molecule has 18 heavy (non-hydrogen) atoms. The highest BCUT2D eigenvalue weighted by Crippen LogP contribution is 2.14. The fraction of sp³-hybridized carbons (Fsp3) is 0.818. The Labute approximate surface area is 108 Å². The van der Waals surface area contributed by atoms with Gasteiger partial charge in [0.1, 0.15) is 0 Å². The van der Waals surface area contributed by atoms with Gasteiger partial charge in [-0.05, 0) is 19.8 Å². The monoisotopic (exact) mass is 279 g/mol. The van der Waals surface area contributed by atoms with Crippen LogP contribution in [-0.4, -0.2) is 42.4 Å². The molecule has 7 heteroatoms. The van der Waals surface area contributed by atoms with E-state index in [1.165, 1.54) is 13.8 Å². The molecule has 0 aliphatic rings. The molecule has 0 radical (unpaired) electrons. The first-order valence-corrected chi connectivity index (χ1v) is 7.53. The van der Waals surface area contributed by atoms with E-state index in [0.717, 1.165) is 0 Å². The normalized spacial score (nSPS) is 13.7. The van der Waals surface area contributed by atoms with Crippen LogP contribution in [0.25, 0.3) is 0 Å². The van der Waals surface area contributed by atoms with Gasteiger partial charge < -0.3 is 10.4 Å². The lowest BCUT2D eigenvalue weighted by Crippen LogP contribution is -2.38. The summed E-state index contributed by atoms with van der Waals surface area (Å²) in [6.07, 6.45) is -0.211. The minimum Gasteiger partial charge on any atom is -0.480 e. The van der Waals surface area contributed by atoms with E-state index in [9.17, 15) is 18.0 Å². The van der Waals surface area contributed by atoms with E-state index in [2.05, 4.69) is 5.32 Å². The van der Waals surface area contributed by atoms with Gasteiger partial charge in [0.2, 0.25) is 5.91 Å². The highest BCUT2D eigenvalue weighted by molar-refractivity contribution is 7.92. The fourth-order valence-electron chi connectivity index (χ4n) is 1.61. The van der Waals surface area contributed by atoms with E-state index in [0.29, 0.717) is 0 Å². The molecule has 1 unspecified atom stereocenters. The smallest absolute Gasteiger partial charge is 0.322 e. The van der Waals surface area contributed by atoms with E-state index in [4.69, 9.17) is 5.11 Å². The van der Waals surface area contributed by atoms with Crippen molar-refractivity contribution in [2.24, 2.45) is 5.92 Å². The number of sulfone groups is 1. The second-order valence-corrected chi connectivity index (χ2v) is 7.08. The summed E-state index contributed by atoms with van der Waals surface area (Å²) in [5.74, 6) is -2.72. The van der Waals surface area contributed by atoms with Gasteiger partial charge in [-0.3, -0.25) is 9.59 Å². The first-order valence-electron chi connectivity index (χ1n) is 5.81. The van der Waals surface area contributed by atoms with Crippen molar-refractivity contribution in [3.63, 3.8) is 0 Å². The maximum Gasteiger partial charge on any atom is 0.322 e. The topological polar surface area (TPSA) is 101 Å². The van der Waals surface area contributed by atoms with E-state index < -0.39 is 32.7 Å². The van der Waals surface area contributed by atoms with Gasteiger partial charge in [-0.25, -0.2) is 8.42 Å². The summed E-state index contributed by atoms with van der Waals surface area (Å²) in [5, 5.41) is 10.0. The van der Waals surface area contributed by atoms with Crippen molar-refractivity contribution in [1.29, 1.82) is 0 Å². The van der Waals surface area contributed by atoms with Gasteiger partial charge in [0, 0.05) is 12.5 Å². The maximum absolute atomic E-state index is 11.8. The molecule has 0 aromatic carbocycles. The van der Waals surface area contributed by atoms with Crippen molar-refractivity contribution in [2.75, 3.05) is 5.75 Å². The molecule has 0 saturated heterocycles. The molecule has 1 atom stereocenters. The first kappa shape index (κ1) is 16.9. The summed E-state index contributed by atoms with van der Waals surface area (Å²) in [5.41, 5.74) is 0. The van der Waals surface area contributed by atoms with Crippen LogP contribution in [0.4, 0.5) is 0 Å². The van der Waals surface area contributed by atoms with Gasteiger partial charge in [0.15, 0.2) is 15.1 Å². The number of aliphatic carboxylic acids is 1. The molecule has 0 aliphatic carbocycles. The molecule has 1 amide bonds. The quantitative estimate of drug-likeness (QED) is 0.703. The molecule has 0 saturated carbocycles. The largest absolute Gasteiger partial charge is 0.480 e. The Bertz CT molecular complexity index is 400. The van der Waals surface area contributed by atoms with Crippen LogP contribution in [-0.2, 0) is 19.4 Å². The van der Waals surface area contributed by atoms with Gasteiger partial charge in [0.05, 0.1) is 5.75 Å². The number of carboxylic acids is 1. The zero-order chi connectivity index (χ0) is 14.5. The van der Waals surface area contributed by atoms with E-state index in [1.807, 2.05) is 0 Å². The zero-order valence-electron chi connectivity index (χ0n) is 11.1. The number of carbonyl (C=O) groups excluding carboxylic acids is 1. The van der Waals surface area contributed by atoms with Gasteiger partial charge >= 0.3 is 5.97 Å². The van der Waals surface area contributed by atoms with Crippen LogP contribution in [0.5, 0.6) is 0 Å². The molecule has 0 aliphatic heterocycles. The van der Waals surface area contributed by atoms with Crippen LogP contribution >= 0.6 is 0 Å². The van der Waals surface area contributed by atoms with Crippen molar-refractivity contribution in [3.05, 3.63) is 0 Å². The standard InChI is InChI=1S/C11H21NO5S/c1-7(2)10(11(14)15)18(16,17)6-5-9(13)12-8(3)4/h7-8,10H,5-6H2,1-4H3,(H,12,13)(H,14,15). The summed E-state index contributed by atoms with van der Waals surface area (Å²) in [6, 6.07) is -0.0689. The fourth-order valence-corrected chi connectivity index (χ4v) is 3.47. The van der Waals surface area contributed by atoms with Crippen LogP contribution in [0.15, 0.2) is 0 Å². The average molecular weight is 279 g/mol. The number of amides is 1. The second-order valence-electron chi connectivity index (χ2n) is 4.84. The zero-order valence-corrected chi connectivity index (χ0v) is 12.0. The molecule has 6 nitrogen and oxygen atoms in total. The van der Waals surface area contributed by atoms with E-state index in [-0.39, 0.29) is 18.4 Å². The number of hydrogen-bond acceptors (Lipinski definition) is 4. The van der Waals surface area contributed by atoms with E-state index >= 15 is 0 Å². The van der Waals surface area contributed by atoms with Gasteiger partial charge in [-0.2, -0.15) is 0 Å². The van der Waals surface area contributed by atoms with Gasteiger partial charge in [-0.15, -0.1) is 0 Å². The summed E-state index contributed by atoms with van der Waals surface area (Å²) in [4.78, 5) is 22.3. The number of carboxylic acid groups (broad SMARTS) is 1. The van der Waals surface area contributed by atoms with Crippen molar-refractivity contribution >= 4 is 21.7 Å². The Hall–Kier alpha value is -1.11. The van der Waals surface area contributed by atoms with Gasteiger partial charge in [0.25, 0.3) is 0 Å². The van der Waals surface area contributed by atoms with Crippen LogP contribution in [0, 0.1) is 5.92 Å². The number of carbonyl (C=O) groups is 2. The second kappa shape index (κ2) is 6.72. The highest BCUT2D eigenvalue weighted by atomic mass is 32.2. The lowest BCUT2D eigenvalue weighted by Gasteiger charge is -2.17. The van der Waals surface area contributed by atoms with Crippen molar-refractivity contribution in [1.82, 2.24) is 5.32 Å². The lowest BCUT2D eigenvalue weighted by molar-refractivity contribution is -0.137. The first-order chi connectivity index (χ1) is 8.08. The van der Waals surface area contributed by atoms with Crippen molar-refractivity contribution < 1.29 is 23.1 Å². The molecule has 2 N–H and O–H groups in total. The van der Waals surface area contributed by atoms with Crippen LogP contribution in [0.3, 0.4) is 0 Å². The lowest BCUT2D eigenvalue weighted by atomic mass is 10.1. The minimum atomic E-state index is -3.81. The summed E-state index contributed by atoms with van der Waals surface area (Å²) in [6.45, 7) is 6.59. The third-order valence-electron chi connectivity index (χ3n) is 2.30. The molecule has 0 aromatic heterocycles. The Morgan fingerprint density at radius 1 is 1.17 bits per heavy atom. The van der Waals surface area contributed by atoms with Crippen LogP contribution in [0.2, 0.25) is 0 Å². The third-order valence-corrected chi connectivity index (χ3v) is 4.59. The summed E-state index contributed by atoms with van der Waals surface area (Å²) >= 11 is 0. The molecule has 0 fully saturated rings. The predicted octanol–water partition coefficient (Wildman–Crippen LogP) is 0.425. The Kier molecular flexibility index (Phi) is 6.31. The molecule has 0 aromatic rings. The third kappa shape index (κ3) is 5.48. The molecule has 0 spiro atoms. The van der Waals surface area contributed by atoms with Crippen LogP contribution < -0.4 is 5.32 Å². The van der Waals surface area contributed by atoms with Crippen LogP contribution in [0.1, 0.15) is 34.1 Å². The van der Waals surface area contributed by atoms with Crippen molar-refractivity contribution in [3.8, 4) is 0 Å². The number of rotatable bonds is 7. The molecule has 0 heterocycles. The SMILES string of the molecule is CC(C)NC(=O)CCS(=O)(=O)C(C(=O)O)C(C)C. The predicted molar refractivity (Wildman–Crippen MR) is 67.9 cm³/mol. The molecule has 106 valence electrons. The minimum absolute atomic E-state index is 0.0689. The summed E-state index contributed by atoms with van der Waals surface area (Å²) < 4.78 is 23.7. The van der Waals surface area contributed by atoms with Gasteiger partial charge in [-0.1, -0.05) is 13.8 Å². The Balaban J connectivity index is 4.65. The van der Waals surface area contributed by atoms with E-state index in [1.54, 1.807) is 13.8 Å². The Morgan fingerprint density at radius 2 is 1.67 bits per heavy atom. The highest BCUT2D eigenvalue weighted by Gasteiger charge is 2.35. The number of hydrogen-bond donors (Lipinski definition) is 2. The molecular weight excluding hydrogens is 258 g/mol. The van der Waals surface area contributed by atoms with Crippen molar-refractivity contribution in [2.45, 2.75) is 45.4 Å². The maximum atomic E-state index is 11.8. The Morgan fingerprint density at radius 3 is 2.00 bits per heavy atom. The molecular formula is C11H21NO5S.